The summed E-state index contributed by atoms with van der Waals surface area (Å²) in [6, 6.07) is 0. The smallest absolute Gasteiger partial charge is 0.262 e. The van der Waals surface area contributed by atoms with Crippen LogP contribution >= 0.6 is 0 Å². The van der Waals surface area contributed by atoms with E-state index in [-0.39, 0.29) is 5.03 Å². The lowest BCUT2D eigenvalue weighted by Gasteiger charge is -2.20. The topological polar surface area (TPSA) is 90.5 Å². The number of methoxy groups -OCH3 is 1. The molecule has 110 valence electrons. The Hall–Kier alpha value is -0.960. The van der Waals surface area contributed by atoms with E-state index in [0.29, 0.717) is 38.5 Å². The van der Waals surface area contributed by atoms with Crippen molar-refractivity contribution in [3.8, 4) is 0 Å². The number of ether oxygens (including phenoxy) is 1. The van der Waals surface area contributed by atoms with Crippen molar-refractivity contribution in [3.05, 3.63) is 12.0 Å². The Morgan fingerprint density at radius 1 is 1.47 bits per heavy atom. The minimum absolute atomic E-state index is 0.0700. The number of sulfonamides is 1. The largest absolute Gasteiger partial charge is 0.383 e. The highest BCUT2D eigenvalue weighted by molar-refractivity contribution is 7.89. The molecular formula is C11H22N4O3S. The van der Waals surface area contributed by atoms with Crippen LogP contribution in [0.5, 0.6) is 0 Å². The fraction of sp³-hybridized carbons (Fsp3) is 0.727. The summed E-state index contributed by atoms with van der Waals surface area (Å²) in [5.41, 5.74) is 5.44. The third-order valence-corrected chi connectivity index (χ3v) is 4.62. The number of aryl methyl sites for hydroxylation is 2. The first-order valence-electron chi connectivity index (χ1n) is 6.12. The molecule has 7 nitrogen and oxygen atoms in total. The summed E-state index contributed by atoms with van der Waals surface area (Å²) >= 11 is 0. The normalized spacial score (nSPS) is 12.3. The lowest BCUT2D eigenvalue weighted by molar-refractivity contribution is 0.178. The summed E-state index contributed by atoms with van der Waals surface area (Å²) < 4.78 is 32.9. The quantitative estimate of drug-likeness (QED) is 0.711. The molecular weight excluding hydrogens is 268 g/mol. The highest BCUT2D eigenvalue weighted by Crippen LogP contribution is 2.14. The summed E-state index contributed by atoms with van der Waals surface area (Å²) in [6.07, 6.45) is 2.13. The van der Waals surface area contributed by atoms with Crippen LogP contribution in [0.15, 0.2) is 11.2 Å². The molecule has 1 rings (SSSR count). The molecule has 0 amide bonds. The van der Waals surface area contributed by atoms with Gasteiger partial charge in [0, 0.05) is 33.4 Å². The van der Waals surface area contributed by atoms with Gasteiger partial charge in [0.25, 0.3) is 10.0 Å². The van der Waals surface area contributed by atoms with Gasteiger partial charge in [-0.1, -0.05) is 0 Å². The molecule has 1 aromatic heterocycles. The fourth-order valence-corrected chi connectivity index (χ4v) is 3.08. The number of rotatable bonds is 8. The molecule has 0 fully saturated rings. The highest BCUT2D eigenvalue weighted by atomic mass is 32.2. The Morgan fingerprint density at radius 2 is 2.16 bits per heavy atom. The van der Waals surface area contributed by atoms with Gasteiger partial charge >= 0.3 is 0 Å². The van der Waals surface area contributed by atoms with Crippen LogP contribution in [0.4, 0.5) is 0 Å². The molecule has 0 bridgehead atoms. The number of nitrogens with two attached hydrogens (primary N) is 1. The summed E-state index contributed by atoms with van der Waals surface area (Å²) in [6.45, 7) is 3.22. The average molecular weight is 290 g/mol. The highest BCUT2D eigenvalue weighted by Gasteiger charge is 2.26. The molecule has 0 saturated heterocycles. The van der Waals surface area contributed by atoms with Crippen LogP contribution in [-0.2, 0) is 21.8 Å². The Kier molecular flexibility index (Phi) is 5.92. The van der Waals surface area contributed by atoms with Crippen molar-refractivity contribution in [3.63, 3.8) is 0 Å². The van der Waals surface area contributed by atoms with E-state index in [0.717, 1.165) is 0 Å². The van der Waals surface area contributed by atoms with Crippen molar-refractivity contribution < 1.29 is 13.2 Å². The Labute approximate surface area is 114 Å². The summed E-state index contributed by atoms with van der Waals surface area (Å²) in [5.74, 6) is 0.657. The predicted molar refractivity (Wildman–Crippen MR) is 72.3 cm³/mol. The van der Waals surface area contributed by atoms with Crippen LogP contribution < -0.4 is 5.73 Å². The Morgan fingerprint density at radius 3 is 2.63 bits per heavy atom. The zero-order valence-electron chi connectivity index (χ0n) is 11.7. The second-order valence-electron chi connectivity index (χ2n) is 4.28. The molecule has 0 aliphatic rings. The van der Waals surface area contributed by atoms with Crippen molar-refractivity contribution in [1.29, 1.82) is 0 Å². The molecule has 19 heavy (non-hydrogen) atoms. The molecule has 0 spiro atoms. The van der Waals surface area contributed by atoms with E-state index in [9.17, 15) is 8.42 Å². The van der Waals surface area contributed by atoms with Crippen molar-refractivity contribution in [1.82, 2.24) is 13.9 Å². The maximum Gasteiger partial charge on any atom is 0.262 e. The van der Waals surface area contributed by atoms with Crippen molar-refractivity contribution in [2.75, 3.05) is 33.4 Å². The third-order valence-electron chi connectivity index (χ3n) is 2.85. The van der Waals surface area contributed by atoms with Crippen molar-refractivity contribution >= 4 is 10.0 Å². The number of imidazole rings is 1. The van der Waals surface area contributed by atoms with E-state index in [2.05, 4.69) is 4.98 Å². The molecule has 1 aromatic rings. The van der Waals surface area contributed by atoms with E-state index in [1.165, 1.54) is 10.5 Å². The fourth-order valence-electron chi connectivity index (χ4n) is 1.60. The molecule has 8 heteroatoms. The first kappa shape index (κ1) is 16.1. The van der Waals surface area contributed by atoms with Crippen LogP contribution in [0, 0.1) is 6.92 Å². The number of hydrogen-bond donors (Lipinski definition) is 1. The summed E-state index contributed by atoms with van der Waals surface area (Å²) in [4.78, 5) is 4.08. The van der Waals surface area contributed by atoms with E-state index in [1.54, 1.807) is 25.6 Å². The number of nitrogens with zero attached hydrogens (tertiary/aromatic N) is 3. The third kappa shape index (κ3) is 4.00. The maximum absolute atomic E-state index is 12.5. The van der Waals surface area contributed by atoms with Gasteiger partial charge in [0.1, 0.15) is 5.82 Å². The molecule has 1 heterocycles. The average Bonchev–Trinajstić information content (AvgIpc) is 2.70. The van der Waals surface area contributed by atoms with Gasteiger partial charge in [-0.2, -0.15) is 4.31 Å². The zero-order valence-corrected chi connectivity index (χ0v) is 12.5. The van der Waals surface area contributed by atoms with Gasteiger partial charge in [0.15, 0.2) is 5.03 Å². The second kappa shape index (κ2) is 6.99. The van der Waals surface area contributed by atoms with Crippen molar-refractivity contribution in [2.45, 2.75) is 18.4 Å². The van der Waals surface area contributed by atoms with Crippen molar-refractivity contribution in [2.24, 2.45) is 12.8 Å². The lowest BCUT2D eigenvalue weighted by Crippen LogP contribution is -2.35. The molecule has 0 radical (unpaired) electrons. The monoisotopic (exact) mass is 290 g/mol. The second-order valence-corrected chi connectivity index (χ2v) is 6.16. The van der Waals surface area contributed by atoms with Gasteiger partial charge in [0.2, 0.25) is 0 Å². The first-order chi connectivity index (χ1) is 8.93. The molecule has 0 saturated carbocycles. The van der Waals surface area contributed by atoms with E-state index in [1.807, 2.05) is 0 Å². The van der Waals surface area contributed by atoms with Gasteiger partial charge < -0.3 is 15.0 Å². The van der Waals surface area contributed by atoms with Crippen LogP contribution in [0.3, 0.4) is 0 Å². The molecule has 0 unspecified atom stereocenters. The molecule has 0 atom stereocenters. The Bertz CT molecular complexity index is 471. The van der Waals surface area contributed by atoms with E-state index in [4.69, 9.17) is 10.5 Å². The first-order valence-corrected chi connectivity index (χ1v) is 7.56. The SMILES string of the molecule is COCCN(CCCN)S(=O)(=O)c1cn(C)c(C)n1. The summed E-state index contributed by atoms with van der Waals surface area (Å²) in [5, 5.41) is 0.0700. The van der Waals surface area contributed by atoms with Gasteiger partial charge in [-0.25, -0.2) is 13.4 Å². The standard InChI is InChI=1S/C11H22N4O3S/c1-10-13-11(9-14(10)2)19(16,17)15(6-4-5-12)7-8-18-3/h9H,4-8,12H2,1-3H3. The van der Waals surface area contributed by atoms with Gasteiger partial charge in [-0.3, -0.25) is 0 Å². The van der Waals surface area contributed by atoms with Crippen LogP contribution in [0.25, 0.3) is 0 Å². The molecule has 0 aliphatic carbocycles. The number of aromatic nitrogens is 2. The molecule has 0 aliphatic heterocycles. The molecule has 2 N–H and O–H groups in total. The summed E-state index contributed by atoms with van der Waals surface area (Å²) in [7, 11) is -0.276. The Balaban J connectivity index is 2.97. The van der Waals surface area contributed by atoms with Gasteiger partial charge in [-0.15, -0.1) is 0 Å². The van der Waals surface area contributed by atoms with Gasteiger partial charge in [-0.05, 0) is 19.9 Å². The minimum Gasteiger partial charge on any atom is -0.383 e. The maximum atomic E-state index is 12.5. The molecule has 0 aromatic carbocycles. The minimum atomic E-state index is -3.58. The van der Waals surface area contributed by atoms with Crippen LogP contribution in [0.1, 0.15) is 12.2 Å². The van der Waals surface area contributed by atoms with E-state index >= 15 is 0 Å². The van der Waals surface area contributed by atoms with E-state index < -0.39 is 10.0 Å². The van der Waals surface area contributed by atoms with Gasteiger partial charge in [0.05, 0.1) is 6.61 Å². The lowest BCUT2D eigenvalue weighted by atomic mass is 10.4. The number of hydrogen-bond acceptors (Lipinski definition) is 5. The van der Waals surface area contributed by atoms with Crippen LogP contribution in [-0.4, -0.2) is 55.6 Å². The van der Waals surface area contributed by atoms with Crippen LogP contribution in [0.2, 0.25) is 0 Å². The zero-order chi connectivity index (χ0) is 14.5. The predicted octanol–water partition coefficient (Wildman–Crippen LogP) is -0.286.